The molecule has 0 radical (unpaired) electrons. The molecule has 1 N–H and O–H groups in total. The van der Waals surface area contributed by atoms with Gasteiger partial charge in [0.1, 0.15) is 0 Å². The normalized spacial score (nSPS) is 36.0. The predicted octanol–water partition coefficient (Wildman–Crippen LogP) is 2.86. The van der Waals surface area contributed by atoms with Crippen molar-refractivity contribution in [2.45, 2.75) is 49.5 Å². The van der Waals surface area contributed by atoms with Crippen LogP contribution in [0.2, 0.25) is 0 Å². The fourth-order valence-electron chi connectivity index (χ4n) is 1.94. The third kappa shape index (κ3) is 3.07. The van der Waals surface area contributed by atoms with E-state index in [-0.39, 0.29) is 0 Å². The molecule has 1 nitrogen and oxygen atoms in total. The zero-order valence-corrected chi connectivity index (χ0v) is 11.5. The molecule has 1 rings (SSSR count). The van der Waals surface area contributed by atoms with Crippen molar-refractivity contribution in [1.29, 1.82) is 0 Å². The highest BCUT2D eigenvalue weighted by atomic mass is 32.2. The van der Waals surface area contributed by atoms with E-state index < -0.39 is 0 Å². The van der Waals surface area contributed by atoms with E-state index >= 15 is 0 Å². The van der Waals surface area contributed by atoms with Gasteiger partial charge in [-0.05, 0) is 13.0 Å². The maximum Gasteiger partial charge on any atom is 0.0297 e. The van der Waals surface area contributed by atoms with E-state index in [2.05, 4.69) is 63.6 Å². The second kappa shape index (κ2) is 5.66. The Bertz CT molecular complexity index is 173. The van der Waals surface area contributed by atoms with E-state index in [0.717, 1.165) is 21.7 Å². The van der Waals surface area contributed by atoms with E-state index in [1.807, 2.05) is 0 Å². The van der Waals surface area contributed by atoms with Gasteiger partial charge in [0.25, 0.3) is 0 Å². The zero-order chi connectivity index (χ0) is 10.7. The highest BCUT2D eigenvalue weighted by Gasteiger charge is 2.31. The van der Waals surface area contributed by atoms with Crippen molar-refractivity contribution < 1.29 is 0 Å². The number of hydrogen-bond acceptors (Lipinski definition) is 3. The summed E-state index contributed by atoms with van der Waals surface area (Å²) in [4.78, 5) is 0. The number of nitrogens with one attached hydrogen (secondary N) is 1. The van der Waals surface area contributed by atoms with Gasteiger partial charge in [0.2, 0.25) is 0 Å². The van der Waals surface area contributed by atoms with Crippen molar-refractivity contribution in [3.05, 3.63) is 0 Å². The van der Waals surface area contributed by atoms with Crippen LogP contribution in [-0.2, 0) is 0 Å². The molecule has 0 aromatic rings. The first-order chi connectivity index (χ1) is 6.56. The van der Waals surface area contributed by atoms with Crippen LogP contribution in [0.3, 0.4) is 0 Å². The fourth-order valence-corrected chi connectivity index (χ4v) is 5.29. The summed E-state index contributed by atoms with van der Waals surface area (Å²) in [6.07, 6.45) is 0. The van der Waals surface area contributed by atoms with Gasteiger partial charge in [-0.2, -0.15) is 23.5 Å². The van der Waals surface area contributed by atoms with Gasteiger partial charge in [-0.3, -0.25) is 0 Å². The molecule has 1 heterocycles. The maximum absolute atomic E-state index is 3.47. The zero-order valence-electron chi connectivity index (χ0n) is 9.91. The SMILES string of the molecule is CNC(C(C)C)C1CSC(C)C(C)S1. The Balaban J connectivity index is 2.52. The minimum atomic E-state index is 0.669. The smallest absolute Gasteiger partial charge is 0.0297 e. The van der Waals surface area contributed by atoms with Crippen molar-refractivity contribution in [2.75, 3.05) is 12.8 Å². The van der Waals surface area contributed by atoms with Crippen LogP contribution in [0.15, 0.2) is 0 Å². The first-order valence-electron chi connectivity index (χ1n) is 5.50. The molecular formula is C11H23NS2. The molecule has 0 aromatic carbocycles. The fraction of sp³-hybridized carbons (Fsp3) is 1.00. The molecule has 1 saturated heterocycles. The second-order valence-electron chi connectivity index (χ2n) is 4.48. The maximum atomic E-state index is 3.47. The standard InChI is InChI=1S/C11H23NS2/c1-7(2)11(12-5)10-6-13-8(3)9(4)14-10/h7-12H,6H2,1-5H3. The Morgan fingerprint density at radius 3 is 2.29 bits per heavy atom. The average molecular weight is 233 g/mol. The second-order valence-corrected chi connectivity index (χ2v) is 7.51. The van der Waals surface area contributed by atoms with Crippen molar-refractivity contribution in [2.24, 2.45) is 5.92 Å². The Morgan fingerprint density at radius 2 is 1.86 bits per heavy atom. The monoisotopic (exact) mass is 233 g/mol. The molecule has 1 aliphatic heterocycles. The molecule has 0 spiro atoms. The van der Waals surface area contributed by atoms with Gasteiger partial charge in [0.15, 0.2) is 0 Å². The molecule has 0 saturated carbocycles. The molecule has 0 amide bonds. The van der Waals surface area contributed by atoms with E-state index in [4.69, 9.17) is 0 Å². The summed E-state index contributed by atoms with van der Waals surface area (Å²) < 4.78 is 0. The van der Waals surface area contributed by atoms with Gasteiger partial charge in [-0.15, -0.1) is 0 Å². The average Bonchev–Trinajstić information content (AvgIpc) is 2.11. The van der Waals surface area contributed by atoms with E-state index in [1.54, 1.807) is 0 Å². The van der Waals surface area contributed by atoms with Crippen LogP contribution in [0.25, 0.3) is 0 Å². The summed E-state index contributed by atoms with van der Waals surface area (Å²) >= 11 is 4.31. The lowest BCUT2D eigenvalue weighted by Crippen LogP contribution is -2.44. The Kier molecular flexibility index (Phi) is 5.15. The van der Waals surface area contributed by atoms with Crippen LogP contribution in [0.4, 0.5) is 0 Å². The molecular weight excluding hydrogens is 210 g/mol. The number of thioether (sulfide) groups is 2. The largest absolute Gasteiger partial charge is 0.316 e. The van der Waals surface area contributed by atoms with Crippen LogP contribution in [-0.4, -0.2) is 34.6 Å². The molecule has 1 fully saturated rings. The van der Waals surface area contributed by atoms with Crippen LogP contribution in [0.1, 0.15) is 27.7 Å². The van der Waals surface area contributed by atoms with Gasteiger partial charge >= 0.3 is 0 Å². The third-order valence-corrected chi connectivity index (χ3v) is 6.54. The first-order valence-corrected chi connectivity index (χ1v) is 7.49. The minimum absolute atomic E-state index is 0.669. The van der Waals surface area contributed by atoms with Gasteiger partial charge < -0.3 is 5.32 Å². The highest BCUT2D eigenvalue weighted by molar-refractivity contribution is 8.07. The predicted molar refractivity (Wildman–Crippen MR) is 70.4 cm³/mol. The van der Waals surface area contributed by atoms with Crippen LogP contribution in [0, 0.1) is 5.92 Å². The summed E-state index contributed by atoms with van der Waals surface area (Å²) in [6, 6.07) is 0.669. The Hall–Kier alpha value is 0.660. The lowest BCUT2D eigenvalue weighted by atomic mass is 10.0. The lowest BCUT2D eigenvalue weighted by Gasteiger charge is -2.37. The molecule has 0 aromatic heterocycles. The van der Waals surface area contributed by atoms with Crippen molar-refractivity contribution >= 4 is 23.5 Å². The van der Waals surface area contributed by atoms with E-state index in [9.17, 15) is 0 Å². The lowest BCUT2D eigenvalue weighted by molar-refractivity contribution is 0.425. The molecule has 4 unspecified atom stereocenters. The molecule has 4 atom stereocenters. The molecule has 14 heavy (non-hydrogen) atoms. The highest BCUT2D eigenvalue weighted by Crippen LogP contribution is 2.38. The molecule has 0 aliphatic carbocycles. The van der Waals surface area contributed by atoms with Crippen LogP contribution in [0.5, 0.6) is 0 Å². The summed E-state index contributed by atoms with van der Waals surface area (Å²) in [6.45, 7) is 9.34. The summed E-state index contributed by atoms with van der Waals surface area (Å²) in [5, 5.41) is 5.88. The molecule has 84 valence electrons. The first kappa shape index (κ1) is 12.7. The van der Waals surface area contributed by atoms with Crippen molar-refractivity contribution in [1.82, 2.24) is 5.32 Å². The topological polar surface area (TPSA) is 12.0 Å². The van der Waals surface area contributed by atoms with Crippen molar-refractivity contribution in [3.63, 3.8) is 0 Å². The Morgan fingerprint density at radius 1 is 1.21 bits per heavy atom. The van der Waals surface area contributed by atoms with Gasteiger partial charge in [0.05, 0.1) is 0 Å². The van der Waals surface area contributed by atoms with Gasteiger partial charge in [-0.1, -0.05) is 27.7 Å². The summed E-state index contributed by atoms with van der Waals surface area (Å²) in [5.41, 5.74) is 0. The number of hydrogen-bond donors (Lipinski definition) is 1. The molecule has 3 heteroatoms. The van der Waals surface area contributed by atoms with Gasteiger partial charge in [-0.25, -0.2) is 0 Å². The van der Waals surface area contributed by atoms with Gasteiger partial charge in [0, 0.05) is 27.5 Å². The Labute approximate surface area is 97.2 Å². The van der Waals surface area contributed by atoms with E-state index in [0.29, 0.717) is 6.04 Å². The summed E-state index contributed by atoms with van der Waals surface area (Å²) in [7, 11) is 2.10. The quantitative estimate of drug-likeness (QED) is 0.805. The van der Waals surface area contributed by atoms with Crippen LogP contribution < -0.4 is 5.32 Å². The summed E-state index contributed by atoms with van der Waals surface area (Å²) in [5.74, 6) is 2.04. The minimum Gasteiger partial charge on any atom is -0.316 e. The van der Waals surface area contributed by atoms with Crippen LogP contribution >= 0.6 is 23.5 Å². The molecule has 0 bridgehead atoms. The third-order valence-electron chi connectivity index (χ3n) is 3.03. The number of rotatable bonds is 3. The van der Waals surface area contributed by atoms with Crippen molar-refractivity contribution in [3.8, 4) is 0 Å². The van der Waals surface area contributed by atoms with E-state index in [1.165, 1.54) is 5.75 Å². The molecule has 1 aliphatic rings.